The molecular weight excluding hydrogens is 428 g/mol. The molecule has 0 fully saturated rings. The lowest BCUT2D eigenvalue weighted by molar-refractivity contribution is 0.0697. The average Bonchev–Trinajstić information content (AvgIpc) is 3.27. The molecule has 1 N–H and O–H groups in total. The Labute approximate surface area is 198 Å². The molecule has 0 atom stereocenters. The second-order valence-electron chi connectivity index (χ2n) is 8.05. The van der Waals surface area contributed by atoms with Crippen molar-refractivity contribution >= 4 is 11.8 Å². The summed E-state index contributed by atoms with van der Waals surface area (Å²) >= 11 is 0. The van der Waals surface area contributed by atoms with Crippen LogP contribution in [0.2, 0.25) is 0 Å². The van der Waals surface area contributed by atoms with Crippen molar-refractivity contribution in [3.63, 3.8) is 0 Å². The minimum absolute atomic E-state index is 0.185. The quantitative estimate of drug-likeness (QED) is 0.266. The van der Waals surface area contributed by atoms with E-state index in [-0.39, 0.29) is 17.2 Å². The van der Waals surface area contributed by atoms with E-state index in [2.05, 4.69) is 22.0 Å². The van der Waals surface area contributed by atoms with Crippen LogP contribution in [0.1, 0.15) is 64.2 Å². The Morgan fingerprint density at radius 2 is 1.71 bits per heavy atom. The van der Waals surface area contributed by atoms with Crippen LogP contribution in [0, 0.1) is 0 Å². The zero-order valence-corrected chi connectivity index (χ0v) is 19.0. The van der Waals surface area contributed by atoms with Crippen molar-refractivity contribution in [2.75, 3.05) is 0 Å². The third-order valence-electron chi connectivity index (χ3n) is 5.60. The highest BCUT2D eigenvalue weighted by Crippen LogP contribution is 2.23. The molecule has 0 aliphatic rings. The summed E-state index contributed by atoms with van der Waals surface area (Å²) in [6, 6.07) is 19.6. The fourth-order valence-electron chi connectivity index (χ4n) is 3.79. The number of aryl methyl sites for hydroxylation is 1. The molecule has 34 heavy (non-hydrogen) atoms. The summed E-state index contributed by atoms with van der Waals surface area (Å²) in [5.41, 5.74) is 2.88. The Morgan fingerprint density at radius 3 is 2.41 bits per heavy atom. The minimum Gasteiger partial charge on any atom is -0.478 e. The number of ketones is 1. The number of carboxylic acid groups (broad SMARTS) is 1. The van der Waals surface area contributed by atoms with Crippen molar-refractivity contribution < 1.29 is 14.7 Å². The van der Waals surface area contributed by atoms with Gasteiger partial charge in [-0.1, -0.05) is 74.4 Å². The highest BCUT2D eigenvalue weighted by Gasteiger charge is 2.18. The molecule has 0 amide bonds. The van der Waals surface area contributed by atoms with Gasteiger partial charge in [-0.15, -0.1) is 5.10 Å². The summed E-state index contributed by atoms with van der Waals surface area (Å²) in [5, 5.41) is 14.0. The van der Waals surface area contributed by atoms with Gasteiger partial charge < -0.3 is 5.11 Å². The topological polar surface area (TPSA) is 98.0 Å². The first kappa shape index (κ1) is 23.0. The zero-order chi connectivity index (χ0) is 23.9. The van der Waals surface area contributed by atoms with Crippen LogP contribution < -0.4 is 0 Å². The Bertz CT molecular complexity index is 1280. The van der Waals surface area contributed by atoms with Crippen molar-refractivity contribution in [1.82, 2.24) is 19.7 Å². The van der Waals surface area contributed by atoms with Crippen molar-refractivity contribution in [3.05, 3.63) is 101 Å². The SMILES string of the molecule is CCCCCc1nc(C(=O)c2ccccc2)nn1Cc1ccc(-c2ccccc2C(=O)O)cn1. The van der Waals surface area contributed by atoms with Crippen LogP contribution in [-0.2, 0) is 13.0 Å². The molecule has 2 aromatic carbocycles. The molecule has 172 valence electrons. The predicted molar refractivity (Wildman–Crippen MR) is 129 cm³/mol. The number of hydrogen-bond acceptors (Lipinski definition) is 5. The molecule has 0 unspecified atom stereocenters. The first-order valence-corrected chi connectivity index (χ1v) is 11.4. The molecule has 7 heteroatoms. The van der Waals surface area contributed by atoms with E-state index >= 15 is 0 Å². The van der Waals surface area contributed by atoms with Gasteiger partial charge in [0.15, 0.2) is 0 Å². The molecule has 0 saturated heterocycles. The average molecular weight is 455 g/mol. The molecule has 0 radical (unpaired) electrons. The molecule has 0 spiro atoms. The van der Waals surface area contributed by atoms with E-state index in [1.807, 2.05) is 30.3 Å². The summed E-state index contributed by atoms with van der Waals surface area (Å²) in [6.07, 6.45) is 5.52. The van der Waals surface area contributed by atoms with Gasteiger partial charge >= 0.3 is 5.97 Å². The third kappa shape index (κ3) is 5.26. The largest absolute Gasteiger partial charge is 0.478 e. The van der Waals surface area contributed by atoms with E-state index in [0.29, 0.717) is 17.7 Å². The molecule has 2 aromatic heterocycles. The fourth-order valence-corrected chi connectivity index (χ4v) is 3.79. The van der Waals surface area contributed by atoms with Gasteiger partial charge in [0, 0.05) is 23.7 Å². The number of pyridine rings is 1. The molecule has 0 bridgehead atoms. The standard InChI is InChI=1S/C27H26N4O3/c1-2-3-5-14-24-29-26(25(32)19-10-6-4-7-11-19)30-31(24)18-21-16-15-20(17-28-21)22-12-8-9-13-23(22)27(33)34/h4,6-13,15-17H,2-3,5,14,18H2,1H3,(H,33,34). The number of hydrogen-bond donors (Lipinski definition) is 1. The van der Waals surface area contributed by atoms with Gasteiger partial charge in [-0.2, -0.15) is 0 Å². The minimum atomic E-state index is -0.977. The number of nitrogens with zero attached hydrogens (tertiary/aromatic N) is 4. The van der Waals surface area contributed by atoms with Crippen LogP contribution in [-0.4, -0.2) is 36.6 Å². The Morgan fingerprint density at radius 1 is 0.941 bits per heavy atom. The number of carbonyl (C=O) groups excluding carboxylic acids is 1. The van der Waals surface area contributed by atoms with Crippen LogP contribution in [0.3, 0.4) is 0 Å². The Balaban J connectivity index is 1.59. The van der Waals surface area contributed by atoms with Crippen LogP contribution in [0.5, 0.6) is 0 Å². The maximum atomic E-state index is 12.9. The number of benzene rings is 2. The number of carboxylic acids is 1. The van der Waals surface area contributed by atoms with Gasteiger partial charge in [-0.05, 0) is 24.1 Å². The maximum absolute atomic E-state index is 12.9. The van der Waals surface area contributed by atoms with Gasteiger partial charge in [-0.3, -0.25) is 9.78 Å². The zero-order valence-electron chi connectivity index (χ0n) is 19.0. The monoisotopic (exact) mass is 454 g/mol. The summed E-state index contributed by atoms with van der Waals surface area (Å²) in [7, 11) is 0. The molecule has 0 aliphatic heterocycles. The normalized spacial score (nSPS) is 10.9. The number of aromatic carboxylic acids is 1. The Hall–Kier alpha value is -4.13. The summed E-state index contributed by atoms with van der Waals surface area (Å²) in [6.45, 7) is 2.51. The molecule has 4 aromatic rings. The van der Waals surface area contributed by atoms with Gasteiger partial charge in [0.2, 0.25) is 11.6 Å². The molecule has 7 nitrogen and oxygen atoms in total. The van der Waals surface area contributed by atoms with E-state index in [1.165, 1.54) is 0 Å². The lowest BCUT2D eigenvalue weighted by Gasteiger charge is -2.08. The highest BCUT2D eigenvalue weighted by atomic mass is 16.4. The molecule has 2 heterocycles. The summed E-state index contributed by atoms with van der Waals surface area (Å²) < 4.78 is 1.75. The van der Waals surface area contributed by atoms with Gasteiger partial charge in [0.1, 0.15) is 5.82 Å². The predicted octanol–water partition coefficient (Wildman–Crippen LogP) is 5.05. The van der Waals surface area contributed by atoms with Gasteiger partial charge in [0.05, 0.1) is 17.8 Å². The number of rotatable bonds is 10. The van der Waals surface area contributed by atoms with Crippen molar-refractivity contribution in [2.24, 2.45) is 0 Å². The van der Waals surface area contributed by atoms with E-state index in [4.69, 9.17) is 0 Å². The van der Waals surface area contributed by atoms with Crippen molar-refractivity contribution in [3.8, 4) is 11.1 Å². The van der Waals surface area contributed by atoms with Crippen molar-refractivity contribution in [1.29, 1.82) is 0 Å². The van der Waals surface area contributed by atoms with Gasteiger partial charge in [0.25, 0.3) is 0 Å². The van der Waals surface area contributed by atoms with Crippen LogP contribution >= 0.6 is 0 Å². The van der Waals surface area contributed by atoms with Gasteiger partial charge in [-0.25, -0.2) is 14.5 Å². The highest BCUT2D eigenvalue weighted by molar-refractivity contribution is 6.06. The first-order chi connectivity index (χ1) is 16.6. The summed E-state index contributed by atoms with van der Waals surface area (Å²) in [5.74, 6) is -0.237. The lowest BCUT2D eigenvalue weighted by Crippen LogP contribution is -2.09. The van der Waals surface area contributed by atoms with Crippen molar-refractivity contribution in [2.45, 2.75) is 39.2 Å². The lowest BCUT2D eigenvalue weighted by atomic mass is 10.0. The number of carbonyl (C=O) groups is 2. The maximum Gasteiger partial charge on any atom is 0.336 e. The van der Waals surface area contributed by atoms with Crippen LogP contribution in [0.15, 0.2) is 72.9 Å². The molecule has 0 saturated carbocycles. The molecule has 4 rings (SSSR count). The van der Waals surface area contributed by atoms with Crippen LogP contribution in [0.25, 0.3) is 11.1 Å². The first-order valence-electron chi connectivity index (χ1n) is 11.4. The smallest absolute Gasteiger partial charge is 0.336 e. The number of unbranched alkanes of at least 4 members (excludes halogenated alkanes) is 2. The van der Waals surface area contributed by atoms with E-state index in [9.17, 15) is 14.7 Å². The fraction of sp³-hybridized carbons (Fsp3) is 0.222. The second kappa shape index (κ2) is 10.7. The molecular formula is C27H26N4O3. The number of aromatic nitrogens is 4. The van der Waals surface area contributed by atoms with E-state index in [0.717, 1.165) is 42.8 Å². The van der Waals surface area contributed by atoms with E-state index in [1.54, 1.807) is 47.3 Å². The van der Waals surface area contributed by atoms with Crippen LogP contribution in [0.4, 0.5) is 0 Å². The Kier molecular flexibility index (Phi) is 7.22. The third-order valence-corrected chi connectivity index (χ3v) is 5.60. The second-order valence-corrected chi connectivity index (χ2v) is 8.05. The summed E-state index contributed by atoms with van der Waals surface area (Å²) in [4.78, 5) is 33.5. The molecule has 0 aliphatic carbocycles. The van der Waals surface area contributed by atoms with E-state index < -0.39 is 5.97 Å².